The molecular weight excluding hydrogens is 425 g/mol. The van der Waals surface area contributed by atoms with Gasteiger partial charge in [0.25, 0.3) is 5.91 Å². The number of halogens is 1. The summed E-state index contributed by atoms with van der Waals surface area (Å²) in [5, 5.41) is 3.13. The number of amides is 1. The van der Waals surface area contributed by atoms with Crippen LogP contribution in [0.1, 0.15) is 28.1 Å². The lowest BCUT2D eigenvalue weighted by atomic mass is 10.1. The van der Waals surface area contributed by atoms with E-state index in [0.717, 1.165) is 23.3 Å². The molecule has 0 aliphatic carbocycles. The first-order chi connectivity index (χ1) is 14.3. The van der Waals surface area contributed by atoms with E-state index in [9.17, 15) is 17.6 Å². The van der Waals surface area contributed by atoms with Crippen molar-refractivity contribution in [1.29, 1.82) is 0 Å². The third-order valence-electron chi connectivity index (χ3n) is 4.93. The van der Waals surface area contributed by atoms with Crippen LogP contribution in [0.5, 0.6) is 0 Å². The lowest BCUT2D eigenvalue weighted by Crippen LogP contribution is -2.28. The summed E-state index contributed by atoms with van der Waals surface area (Å²) in [6.07, 6.45) is 1.69. The van der Waals surface area contributed by atoms with Crippen LogP contribution in [0.3, 0.4) is 0 Å². The third kappa shape index (κ3) is 4.14. The van der Waals surface area contributed by atoms with Gasteiger partial charge in [-0.3, -0.25) is 10.1 Å². The van der Waals surface area contributed by atoms with Crippen molar-refractivity contribution >= 4 is 32.4 Å². The second-order valence-electron chi connectivity index (χ2n) is 7.02. The molecule has 30 heavy (non-hydrogen) atoms. The van der Waals surface area contributed by atoms with Crippen LogP contribution in [0.15, 0.2) is 53.4 Å². The molecule has 1 amide bonds. The van der Waals surface area contributed by atoms with E-state index >= 15 is 0 Å². The Kier molecular flexibility index (Phi) is 5.68. The normalized spacial score (nSPS) is 14.7. The van der Waals surface area contributed by atoms with Gasteiger partial charge in [0.1, 0.15) is 5.82 Å². The summed E-state index contributed by atoms with van der Waals surface area (Å²) in [6, 6.07) is 12.0. The van der Waals surface area contributed by atoms with E-state index in [2.05, 4.69) is 10.3 Å². The molecule has 4 rings (SSSR count). The highest BCUT2D eigenvalue weighted by atomic mass is 32.2. The molecule has 9 heteroatoms. The Labute approximate surface area is 178 Å². The van der Waals surface area contributed by atoms with E-state index in [4.69, 9.17) is 0 Å². The number of benzene rings is 2. The number of rotatable bonds is 5. The van der Waals surface area contributed by atoms with Gasteiger partial charge in [0.2, 0.25) is 10.0 Å². The van der Waals surface area contributed by atoms with Crippen molar-refractivity contribution < 1.29 is 17.6 Å². The van der Waals surface area contributed by atoms with Gasteiger partial charge >= 0.3 is 0 Å². The van der Waals surface area contributed by atoms with Crippen molar-refractivity contribution in [2.24, 2.45) is 0 Å². The fraction of sp³-hybridized carbons (Fsp3) is 0.238. The molecule has 1 aliphatic heterocycles. The van der Waals surface area contributed by atoms with Crippen molar-refractivity contribution in [3.8, 4) is 11.3 Å². The Morgan fingerprint density at radius 1 is 1.13 bits per heavy atom. The molecule has 0 unspecified atom stereocenters. The quantitative estimate of drug-likeness (QED) is 0.635. The molecule has 3 aromatic rings. The number of nitrogens with one attached hydrogen (secondary N) is 1. The standard InChI is InChI=1S/C21H20FN3O3S2/c1-14-19(15-7-9-17(22)10-8-15)23-21(29-14)24-20(26)16-5-4-6-18(13-16)30(27,28)25-11-2-3-12-25/h4-10,13H,2-3,11-12H2,1H3,(H,23,24,26). The van der Waals surface area contributed by atoms with Crippen LogP contribution in [0.25, 0.3) is 11.3 Å². The molecule has 1 aliphatic rings. The van der Waals surface area contributed by atoms with E-state index in [1.165, 1.54) is 39.9 Å². The zero-order chi connectivity index (χ0) is 21.3. The first-order valence-electron chi connectivity index (χ1n) is 9.49. The molecule has 156 valence electrons. The molecule has 0 atom stereocenters. The summed E-state index contributed by atoms with van der Waals surface area (Å²) in [7, 11) is -3.60. The minimum absolute atomic E-state index is 0.111. The highest BCUT2D eigenvalue weighted by Crippen LogP contribution is 2.31. The summed E-state index contributed by atoms with van der Waals surface area (Å²) in [6.45, 7) is 2.88. The highest BCUT2D eigenvalue weighted by molar-refractivity contribution is 7.89. The maximum Gasteiger partial charge on any atom is 0.257 e. The van der Waals surface area contributed by atoms with Gasteiger partial charge in [-0.05, 0) is 62.2 Å². The molecule has 1 aromatic heterocycles. The average Bonchev–Trinajstić information content (AvgIpc) is 3.39. The summed E-state index contributed by atoms with van der Waals surface area (Å²) in [5.74, 6) is -0.767. The van der Waals surface area contributed by atoms with Crippen molar-refractivity contribution in [3.05, 3.63) is 64.8 Å². The summed E-state index contributed by atoms with van der Waals surface area (Å²) in [5.41, 5.74) is 1.66. The van der Waals surface area contributed by atoms with Crippen LogP contribution >= 0.6 is 11.3 Å². The fourth-order valence-electron chi connectivity index (χ4n) is 3.37. The topological polar surface area (TPSA) is 79.4 Å². The molecule has 1 N–H and O–H groups in total. The molecule has 0 spiro atoms. The van der Waals surface area contributed by atoms with Gasteiger partial charge < -0.3 is 0 Å². The molecule has 2 heterocycles. The van der Waals surface area contributed by atoms with Crippen LogP contribution in [0.4, 0.5) is 9.52 Å². The molecule has 0 bridgehead atoms. The number of anilines is 1. The number of aryl methyl sites for hydroxylation is 1. The van der Waals surface area contributed by atoms with Crippen LogP contribution in [0.2, 0.25) is 0 Å². The Bertz CT molecular complexity index is 1180. The van der Waals surface area contributed by atoms with Crippen LogP contribution < -0.4 is 5.32 Å². The number of carbonyl (C=O) groups excluding carboxylic acids is 1. The molecule has 0 radical (unpaired) electrons. The van der Waals surface area contributed by atoms with Crippen LogP contribution in [-0.2, 0) is 10.0 Å². The Morgan fingerprint density at radius 3 is 2.53 bits per heavy atom. The van der Waals surface area contributed by atoms with Crippen molar-refractivity contribution in [2.45, 2.75) is 24.7 Å². The predicted octanol–water partition coefficient (Wildman–Crippen LogP) is 4.29. The second kappa shape index (κ2) is 8.25. The third-order valence-corrected chi connectivity index (χ3v) is 7.71. The molecule has 1 saturated heterocycles. The minimum atomic E-state index is -3.60. The lowest BCUT2D eigenvalue weighted by Gasteiger charge is -2.15. The fourth-order valence-corrected chi connectivity index (χ4v) is 5.76. The molecule has 1 fully saturated rings. The van der Waals surface area contributed by atoms with Crippen LogP contribution in [-0.4, -0.2) is 36.7 Å². The van der Waals surface area contributed by atoms with Gasteiger partial charge in [0.05, 0.1) is 10.6 Å². The number of hydrogen-bond donors (Lipinski definition) is 1. The molecule has 0 saturated carbocycles. The Hall–Kier alpha value is -2.62. The van der Waals surface area contributed by atoms with E-state index in [-0.39, 0.29) is 16.3 Å². The number of carbonyl (C=O) groups is 1. The Morgan fingerprint density at radius 2 is 1.83 bits per heavy atom. The van der Waals surface area contributed by atoms with E-state index < -0.39 is 15.9 Å². The monoisotopic (exact) mass is 445 g/mol. The van der Waals surface area contributed by atoms with Gasteiger partial charge in [-0.15, -0.1) is 11.3 Å². The first-order valence-corrected chi connectivity index (χ1v) is 11.8. The summed E-state index contributed by atoms with van der Waals surface area (Å²) >= 11 is 1.30. The number of thiazole rings is 1. The molecule has 6 nitrogen and oxygen atoms in total. The second-order valence-corrected chi connectivity index (χ2v) is 10.2. The van der Waals surface area contributed by atoms with E-state index in [0.29, 0.717) is 23.9 Å². The van der Waals surface area contributed by atoms with Crippen LogP contribution in [0, 0.1) is 12.7 Å². The highest BCUT2D eigenvalue weighted by Gasteiger charge is 2.27. The first kappa shape index (κ1) is 20.6. The van der Waals surface area contributed by atoms with E-state index in [1.54, 1.807) is 24.3 Å². The van der Waals surface area contributed by atoms with Crippen molar-refractivity contribution in [2.75, 3.05) is 18.4 Å². The predicted molar refractivity (Wildman–Crippen MR) is 115 cm³/mol. The van der Waals surface area contributed by atoms with Gasteiger partial charge in [-0.2, -0.15) is 4.31 Å². The van der Waals surface area contributed by atoms with Crippen molar-refractivity contribution in [3.63, 3.8) is 0 Å². The number of aromatic nitrogens is 1. The lowest BCUT2D eigenvalue weighted by molar-refractivity contribution is 0.102. The van der Waals surface area contributed by atoms with Gasteiger partial charge in [-0.1, -0.05) is 6.07 Å². The zero-order valence-corrected chi connectivity index (χ0v) is 17.9. The van der Waals surface area contributed by atoms with Gasteiger partial charge in [0.15, 0.2) is 5.13 Å². The van der Waals surface area contributed by atoms with E-state index in [1.807, 2.05) is 6.92 Å². The number of sulfonamides is 1. The minimum Gasteiger partial charge on any atom is -0.298 e. The zero-order valence-electron chi connectivity index (χ0n) is 16.3. The molecular formula is C21H20FN3O3S2. The average molecular weight is 446 g/mol. The van der Waals surface area contributed by atoms with Gasteiger partial charge in [0, 0.05) is 29.1 Å². The van der Waals surface area contributed by atoms with Gasteiger partial charge in [-0.25, -0.2) is 17.8 Å². The summed E-state index contributed by atoms with van der Waals surface area (Å²) in [4.78, 5) is 18.1. The summed E-state index contributed by atoms with van der Waals surface area (Å²) < 4.78 is 40.1. The molecule has 2 aromatic carbocycles. The number of nitrogens with zero attached hydrogens (tertiary/aromatic N) is 2. The Balaban J connectivity index is 1.55. The SMILES string of the molecule is Cc1sc(NC(=O)c2cccc(S(=O)(=O)N3CCCC3)c2)nc1-c1ccc(F)cc1. The largest absolute Gasteiger partial charge is 0.298 e. The maximum absolute atomic E-state index is 13.2. The smallest absolute Gasteiger partial charge is 0.257 e. The maximum atomic E-state index is 13.2. The van der Waals surface area contributed by atoms with Crippen molar-refractivity contribution in [1.82, 2.24) is 9.29 Å². The number of hydrogen-bond acceptors (Lipinski definition) is 5.